The average Bonchev–Trinajstić information content (AvgIpc) is 4.50. The van der Waals surface area contributed by atoms with Crippen molar-refractivity contribution in [2.45, 2.75) is 6.92 Å². The van der Waals surface area contributed by atoms with Gasteiger partial charge in [-0.1, -0.05) is 96.0 Å². The molecule has 0 unspecified atom stereocenters. The van der Waals surface area contributed by atoms with Gasteiger partial charge in [0, 0.05) is 146 Å². The minimum absolute atomic E-state index is 0.0266. The minimum Gasteiger partial charge on any atom is -0.484 e. The Morgan fingerprint density at radius 3 is 1.68 bits per heavy atom. The van der Waals surface area contributed by atoms with Gasteiger partial charge >= 0.3 is 0 Å². The molecule has 0 saturated heterocycles. The van der Waals surface area contributed by atoms with E-state index in [1.807, 2.05) is 196 Å². The number of carbonyl (C=O) groups is 1. The third kappa shape index (κ3) is 12.9. The van der Waals surface area contributed by atoms with Crippen molar-refractivity contribution >= 4 is 97.2 Å². The summed E-state index contributed by atoms with van der Waals surface area (Å²) in [6, 6.07) is 49.0. The molecule has 0 radical (unpaired) electrons. The maximum atomic E-state index is 11.8. The summed E-state index contributed by atoms with van der Waals surface area (Å²) in [6.45, 7) is 3.67. The number of nitrogens with one attached hydrogen (secondary N) is 4. The molecule has 0 spiro atoms. The molecule has 0 atom stereocenters. The van der Waals surface area contributed by atoms with E-state index in [-0.39, 0.29) is 19.1 Å². The Hall–Kier alpha value is -10.3. The molecular weight excluding hydrogens is 1100 g/mol. The van der Waals surface area contributed by atoms with Crippen LogP contribution < -0.4 is 25.6 Å². The van der Waals surface area contributed by atoms with Gasteiger partial charge in [-0.05, 0) is 79.7 Å². The third-order valence-corrected chi connectivity index (χ3v) is 14.2. The number of anilines is 7. The van der Waals surface area contributed by atoms with Gasteiger partial charge in [0.25, 0.3) is 5.91 Å². The summed E-state index contributed by atoms with van der Waals surface area (Å²) < 4.78 is 11.4. The zero-order valence-electron chi connectivity index (χ0n) is 46.0. The highest BCUT2D eigenvalue weighted by molar-refractivity contribution is 6.33. The number of aromatic nitrogens is 10. The highest BCUT2D eigenvalue weighted by Gasteiger charge is 2.16. The summed E-state index contributed by atoms with van der Waals surface area (Å²) in [6.07, 6.45) is 18.7. The maximum absolute atomic E-state index is 11.8. The molecule has 20 heteroatoms. The Bertz CT molecular complexity index is 4370. The molecular formula is C64H57Cl2N15O3. The SMILES string of the molecule is CCN(CCO)c1ccc(Nc2nc(-c3ccccc3)cn3ccnc23)cc1.CN(C)C(=O)COc1cccc(Nc2nc(-c3ccccc3Cl)cn3ccnc23)c1.Clc1ccccc1-c1cn2ccnc2c(Nc2ccc3[nH]ccc3c2)n1. The number of rotatable bonds is 16. The fourth-order valence-corrected chi connectivity index (χ4v) is 9.68. The molecule has 13 rings (SSSR count). The minimum atomic E-state index is -0.110. The summed E-state index contributed by atoms with van der Waals surface area (Å²) in [5.41, 5.74) is 12.2. The molecule has 1 amide bonds. The number of ether oxygens (including phenoxy) is 1. The molecule has 7 aromatic heterocycles. The Balaban J connectivity index is 0.000000132. The lowest BCUT2D eigenvalue weighted by atomic mass is 10.1. The lowest BCUT2D eigenvalue weighted by Crippen LogP contribution is -2.27. The van der Waals surface area contributed by atoms with Crippen LogP contribution in [0.1, 0.15) is 6.92 Å². The first-order valence-corrected chi connectivity index (χ1v) is 27.7. The number of benzene rings is 6. The number of amides is 1. The predicted octanol–water partition coefficient (Wildman–Crippen LogP) is 13.5. The number of aliphatic hydroxyl groups is 1. The smallest absolute Gasteiger partial charge is 0.259 e. The third-order valence-electron chi connectivity index (χ3n) is 13.5. The monoisotopic (exact) mass is 1150 g/mol. The molecule has 0 aliphatic carbocycles. The number of H-pyrrole nitrogens is 1. The van der Waals surface area contributed by atoms with E-state index in [1.165, 1.54) is 4.90 Å². The number of halogens is 2. The largest absolute Gasteiger partial charge is 0.484 e. The predicted molar refractivity (Wildman–Crippen MR) is 335 cm³/mol. The van der Waals surface area contributed by atoms with Crippen molar-refractivity contribution in [3.63, 3.8) is 0 Å². The van der Waals surface area contributed by atoms with Crippen LogP contribution in [0.2, 0.25) is 10.0 Å². The van der Waals surface area contributed by atoms with Gasteiger partial charge in [0.2, 0.25) is 0 Å². The Kier molecular flexibility index (Phi) is 17.0. The van der Waals surface area contributed by atoms with Crippen molar-refractivity contribution in [1.82, 2.24) is 53.0 Å². The molecule has 6 aromatic carbocycles. The number of nitrogens with zero attached hydrogens (tertiary/aromatic N) is 11. The standard InChI is InChI=1S/C22H20ClN5O2.C22H23N5O.C20H14ClN5/c1-27(2)20(29)14-30-16-7-5-6-15(12-16)25-21-22-24-10-11-28(22)13-19(26-21)17-8-3-4-9-18(17)23;1-2-26(14-15-28)19-10-8-18(9-11-19)24-21-22-23-12-13-27(22)16-20(25-21)17-6-4-3-5-7-17;21-16-4-2-1-3-15(16)18-12-26-10-9-23-20(26)19(25-18)24-14-5-6-17-13(11-14)7-8-22-17/h3-13H,14H2,1-2H3,(H,25,26);3-13,16,28H,2,14-15H2,1H3,(H,24,25);1-12,22H,(H,24,25). The fraction of sp³-hybridized carbons (Fsp3) is 0.109. The molecule has 0 aliphatic heterocycles. The summed E-state index contributed by atoms with van der Waals surface area (Å²) in [7, 11) is 3.38. The molecule has 0 fully saturated rings. The molecule has 84 heavy (non-hydrogen) atoms. The number of aliphatic hydroxyl groups excluding tert-OH is 1. The molecule has 420 valence electrons. The van der Waals surface area contributed by atoms with Crippen molar-refractivity contribution in [2.75, 3.05) is 61.2 Å². The van der Waals surface area contributed by atoms with Gasteiger partial charge in [-0.25, -0.2) is 29.9 Å². The maximum Gasteiger partial charge on any atom is 0.259 e. The fourth-order valence-electron chi connectivity index (χ4n) is 9.22. The first kappa shape index (κ1) is 55.6. The van der Waals surface area contributed by atoms with Crippen LogP contribution in [0.5, 0.6) is 5.75 Å². The average molecular weight is 1160 g/mol. The van der Waals surface area contributed by atoms with Gasteiger partial charge in [0.1, 0.15) is 5.75 Å². The van der Waals surface area contributed by atoms with E-state index in [1.54, 1.807) is 38.8 Å². The number of carbonyl (C=O) groups excluding carboxylic acids is 1. The second kappa shape index (κ2) is 25.7. The van der Waals surface area contributed by atoms with Crippen LogP contribution in [0.3, 0.4) is 0 Å². The van der Waals surface area contributed by atoms with E-state index < -0.39 is 0 Å². The van der Waals surface area contributed by atoms with E-state index in [9.17, 15) is 9.90 Å². The van der Waals surface area contributed by atoms with E-state index in [2.05, 4.69) is 53.8 Å². The molecule has 13 aromatic rings. The van der Waals surface area contributed by atoms with Crippen molar-refractivity contribution in [3.8, 4) is 39.5 Å². The van der Waals surface area contributed by atoms with Crippen LogP contribution >= 0.6 is 23.2 Å². The van der Waals surface area contributed by atoms with E-state index >= 15 is 0 Å². The lowest BCUT2D eigenvalue weighted by Gasteiger charge is -2.22. The van der Waals surface area contributed by atoms with E-state index in [0.29, 0.717) is 45.4 Å². The van der Waals surface area contributed by atoms with Gasteiger partial charge in [-0.15, -0.1) is 0 Å². The Morgan fingerprint density at radius 1 is 0.595 bits per heavy atom. The van der Waals surface area contributed by atoms with E-state index in [0.717, 1.165) is 85.3 Å². The number of imidazole rings is 3. The molecule has 7 heterocycles. The topological polar surface area (TPSA) is 195 Å². The second-order valence-electron chi connectivity index (χ2n) is 19.3. The number of hydrogen-bond acceptors (Lipinski definition) is 13. The number of likely N-dealkylation sites (N-methyl/N-ethyl adjacent to an activating group) is 2. The summed E-state index contributed by atoms with van der Waals surface area (Å²) >= 11 is 12.7. The molecule has 0 aliphatic rings. The van der Waals surface area contributed by atoms with Crippen molar-refractivity contribution < 1.29 is 14.6 Å². The highest BCUT2D eigenvalue weighted by Crippen LogP contribution is 2.33. The highest BCUT2D eigenvalue weighted by atomic mass is 35.5. The summed E-state index contributed by atoms with van der Waals surface area (Å²) in [4.78, 5) is 46.2. The zero-order valence-corrected chi connectivity index (χ0v) is 47.5. The van der Waals surface area contributed by atoms with E-state index in [4.69, 9.17) is 42.9 Å². The normalized spacial score (nSPS) is 11.0. The molecule has 0 saturated carbocycles. The summed E-state index contributed by atoms with van der Waals surface area (Å²) in [5.74, 6) is 2.45. The number of aromatic amines is 1. The van der Waals surface area contributed by atoms with Crippen LogP contribution in [0.15, 0.2) is 214 Å². The molecule has 5 N–H and O–H groups in total. The van der Waals surface area contributed by atoms with Crippen LogP contribution in [0, 0.1) is 0 Å². The first-order valence-electron chi connectivity index (χ1n) is 26.9. The quantitative estimate of drug-likeness (QED) is 0.0614. The van der Waals surface area contributed by atoms with Gasteiger partial charge in [0.15, 0.2) is 41.0 Å². The van der Waals surface area contributed by atoms with Crippen LogP contribution in [0.4, 0.5) is 40.2 Å². The molecule has 18 nitrogen and oxygen atoms in total. The second-order valence-corrected chi connectivity index (χ2v) is 20.1. The summed E-state index contributed by atoms with van der Waals surface area (Å²) in [5, 5.41) is 21.7. The van der Waals surface area contributed by atoms with Crippen LogP contribution in [0.25, 0.3) is 61.6 Å². The van der Waals surface area contributed by atoms with Gasteiger partial charge in [0.05, 0.1) is 33.7 Å². The Labute approximate surface area is 493 Å². The van der Waals surface area contributed by atoms with Gasteiger partial charge < -0.3 is 53.8 Å². The van der Waals surface area contributed by atoms with Crippen LogP contribution in [-0.4, -0.2) is 104 Å². The van der Waals surface area contributed by atoms with Crippen LogP contribution in [-0.2, 0) is 4.79 Å². The van der Waals surface area contributed by atoms with Crippen molar-refractivity contribution in [3.05, 3.63) is 224 Å². The van der Waals surface area contributed by atoms with Gasteiger partial charge in [-0.3, -0.25) is 4.79 Å². The number of hydrogen-bond donors (Lipinski definition) is 5. The number of fused-ring (bicyclic) bond motifs is 4. The lowest BCUT2D eigenvalue weighted by molar-refractivity contribution is -0.130. The Morgan fingerprint density at radius 2 is 1.12 bits per heavy atom. The van der Waals surface area contributed by atoms with Crippen molar-refractivity contribution in [1.29, 1.82) is 0 Å². The van der Waals surface area contributed by atoms with Gasteiger partial charge in [-0.2, -0.15) is 0 Å². The zero-order chi connectivity index (χ0) is 57.9. The molecule has 0 bridgehead atoms. The van der Waals surface area contributed by atoms with Crippen molar-refractivity contribution in [2.24, 2.45) is 0 Å². The first-order chi connectivity index (χ1) is 41.1.